The Morgan fingerprint density at radius 3 is 2.09 bits per heavy atom. The number of amides is 2. The number of halogens is 1. The highest BCUT2D eigenvalue weighted by Gasteiger charge is 2.41. The first-order chi connectivity index (χ1) is 15.9. The quantitative estimate of drug-likeness (QED) is 0.517. The van der Waals surface area contributed by atoms with E-state index in [2.05, 4.69) is 5.32 Å². The number of nitrogens with one attached hydrogen (secondary N) is 1. The molecule has 33 heavy (non-hydrogen) atoms. The predicted octanol–water partition coefficient (Wildman–Crippen LogP) is 5.02. The zero-order valence-corrected chi connectivity index (χ0v) is 18.5. The van der Waals surface area contributed by atoms with Crippen molar-refractivity contribution in [3.05, 3.63) is 89.9 Å². The van der Waals surface area contributed by atoms with Gasteiger partial charge in [0.1, 0.15) is 23.0 Å². The first-order valence-corrected chi connectivity index (χ1v) is 10.4. The van der Waals surface area contributed by atoms with Crippen LogP contribution in [0, 0.1) is 5.82 Å². The van der Waals surface area contributed by atoms with E-state index in [0.717, 1.165) is 4.90 Å². The Morgan fingerprint density at radius 2 is 1.48 bits per heavy atom. The maximum atomic E-state index is 14.5. The molecule has 0 atom stereocenters. The number of hydrogen-bond donors (Lipinski definition) is 1. The summed E-state index contributed by atoms with van der Waals surface area (Å²) in [5.41, 5.74) is 1.20. The molecule has 6 nitrogen and oxygen atoms in total. The van der Waals surface area contributed by atoms with Gasteiger partial charge in [-0.25, -0.2) is 9.29 Å². The average molecular weight is 446 g/mol. The van der Waals surface area contributed by atoms with E-state index in [4.69, 9.17) is 9.47 Å². The molecule has 168 valence electrons. The third-order valence-corrected chi connectivity index (χ3v) is 5.05. The minimum Gasteiger partial charge on any atom is -0.497 e. The second kappa shape index (κ2) is 9.16. The van der Waals surface area contributed by atoms with Crippen LogP contribution in [0.5, 0.6) is 11.5 Å². The Hall–Kier alpha value is -4.13. The van der Waals surface area contributed by atoms with Crippen LogP contribution in [-0.4, -0.2) is 25.0 Å². The van der Waals surface area contributed by atoms with Gasteiger partial charge in [0.25, 0.3) is 11.8 Å². The maximum Gasteiger partial charge on any atom is 0.282 e. The third kappa shape index (κ3) is 4.43. The number of hydrogen-bond acceptors (Lipinski definition) is 5. The number of imide groups is 1. The number of methoxy groups -OCH3 is 1. The molecular formula is C26H23FN2O4. The van der Waals surface area contributed by atoms with Crippen LogP contribution in [0.15, 0.2) is 78.5 Å². The summed E-state index contributed by atoms with van der Waals surface area (Å²) in [4.78, 5) is 27.6. The van der Waals surface area contributed by atoms with Crippen LogP contribution in [-0.2, 0) is 9.59 Å². The normalized spacial score (nSPS) is 13.7. The number of carbonyl (C=O) groups excluding carboxylic acids is 2. The second-order valence-electron chi connectivity index (χ2n) is 7.69. The molecule has 1 heterocycles. The molecule has 7 heteroatoms. The van der Waals surface area contributed by atoms with Crippen molar-refractivity contribution < 1.29 is 23.5 Å². The number of nitrogens with zero attached hydrogens (tertiary/aromatic N) is 1. The summed E-state index contributed by atoms with van der Waals surface area (Å²) in [7, 11) is 1.54. The van der Waals surface area contributed by atoms with Crippen LogP contribution < -0.4 is 19.7 Å². The van der Waals surface area contributed by atoms with Crippen molar-refractivity contribution in [2.75, 3.05) is 17.3 Å². The molecule has 0 unspecified atom stereocenters. The summed E-state index contributed by atoms with van der Waals surface area (Å²) in [6.07, 6.45) is 0.0246. The average Bonchev–Trinajstić information content (AvgIpc) is 3.04. The molecule has 0 saturated heterocycles. The van der Waals surface area contributed by atoms with Crippen molar-refractivity contribution in [2.24, 2.45) is 0 Å². The fourth-order valence-electron chi connectivity index (χ4n) is 3.56. The topological polar surface area (TPSA) is 67.9 Å². The molecule has 0 aliphatic carbocycles. The molecular weight excluding hydrogens is 423 g/mol. The fraction of sp³-hybridized carbons (Fsp3) is 0.154. The van der Waals surface area contributed by atoms with Crippen molar-refractivity contribution in [3.8, 4) is 11.5 Å². The molecule has 0 spiro atoms. The summed E-state index contributed by atoms with van der Waals surface area (Å²) in [6.45, 7) is 3.86. The van der Waals surface area contributed by atoms with Crippen molar-refractivity contribution in [1.82, 2.24) is 0 Å². The number of rotatable bonds is 7. The van der Waals surface area contributed by atoms with Gasteiger partial charge >= 0.3 is 0 Å². The second-order valence-corrected chi connectivity index (χ2v) is 7.69. The number of ether oxygens (including phenoxy) is 2. The van der Waals surface area contributed by atoms with Crippen molar-refractivity contribution in [2.45, 2.75) is 20.0 Å². The number of benzene rings is 3. The lowest BCUT2D eigenvalue weighted by Gasteiger charge is -2.16. The number of para-hydroxylation sites is 1. The summed E-state index contributed by atoms with van der Waals surface area (Å²) in [5.74, 6) is -0.625. The Morgan fingerprint density at radius 1 is 0.848 bits per heavy atom. The molecule has 0 fully saturated rings. The van der Waals surface area contributed by atoms with Gasteiger partial charge in [0, 0.05) is 5.69 Å². The molecule has 0 radical (unpaired) electrons. The minimum atomic E-state index is -0.662. The first kappa shape index (κ1) is 22.1. The Labute approximate surface area is 191 Å². The highest BCUT2D eigenvalue weighted by Crippen LogP contribution is 2.35. The van der Waals surface area contributed by atoms with E-state index < -0.39 is 17.6 Å². The van der Waals surface area contributed by atoms with Crippen LogP contribution in [0.3, 0.4) is 0 Å². The van der Waals surface area contributed by atoms with E-state index in [0.29, 0.717) is 22.7 Å². The summed E-state index contributed by atoms with van der Waals surface area (Å²) < 4.78 is 25.4. The van der Waals surface area contributed by atoms with Gasteiger partial charge in [-0.2, -0.15) is 0 Å². The zero-order valence-electron chi connectivity index (χ0n) is 18.5. The molecule has 3 aromatic carbocycles. The zero-order chi connectivity index (χ0) is 23.5. The van der Waals surface area contributed by atoms with Gasteiger partial charge in [-0.3, -0.25) is 9.59 Å². The van der Waals surface area contributed by atoms with Crippen LogP contribution in [0.25, 0.3) is 5.57 Å². The van der Waals surface area contributed by atoms with Gasteiger partial charge in [0.05, 0.1) is 24.5 Å². The molecule has 0 bridgehead atoms. The van der Waals surface area contributed by atoms with Crippen LogP contribution in [0.1, 0.15) is 19.4 Å². The van der Waals surface area contributed by atoms with Gasteiger partial charge in [0.15, 0.2) is 0 Å². The van der Waals surface area contributed by atoms with E-state index in [1.165, 1.54) is 25.3 Å². The van der Waals surface area contributed by atoms with Gasteiger partial charge in [-0.05, 0) is 67.9 Å². The Balaban J connectivity index is 1.75. The highest BCUT2D eigenvalue weighted by molar-refractivity contribution is 6.46. The molecule has 3 aromatic rings. The van der Waals surface area contributed by atoms with Crippen molar-refractivity contribution >= 4 is 28.8 Å². The third-order valence-electron chi connectivity index (χ3n) is 5.05. The lowest BCUT2D eigenvalue weighted by Crippen LogP contribution is -2.33. The lowest BCUT2D eigenvalue weighted by atomic mass is 10.0. The van der Waals surface area contributed by atoms with Gasteiger partial charge < -0.3 is 14.8 Å². The van der Waals surface area contributed by atoms with Crippen LogP contribution in [0.2, 0.25) is 0 Å². The first-order valence-electron chi connectivity index (χ1n) is 10.4. The standard InChI is InChI=1S/C26H23FN2O4/c1-16(2)33-20-14-10-18(11-15-20)28-24-23(17-8-12-19(32-3)13-9-17)25(30)29(26(24)31)22-7-5-4-6-21(22)27/h4-16,28H,1-3H3. The molecule has 0 saturated carbocycles. The van der Waals surface area contributed by atoms with Crippen LogP contribution in [0.4, 0.5) is 15.8 Å². The lowest BCUT2D eigenvalue weighted by molar-refractivity contribution is -0.120. The van der Waals surface area contributed by atoms with Gasteiger partial charge in [-0.1, -0.05) is 24.3 Å². The van der Waals surface area contributed by atoms with Gasteiger partial charge in [-0.15, -0.1) is 0 Å². The SMILES string of the molecule is COc1ccc(C2=C(Nc3ccc(OC(C)C)cc3)C(=O)N(c3ccccc3F)C2=O)cc1. The molecule has 1 N–H and O–H groups in total. The van der Waals surface area contributed by atoms with Gasteiger partial charge in [0.2, 0.25) is 0 Å². The van der Waals surface area contributed by atoms with Crippen molar-refractivity contribution in [3.63, 3.8) is 0 Å². The maximum absolute atomic E-state index is 14.5. The molecule has 4 rings (SSSR count). The molecule has 1 aliphatic heterocycles. The summed E-state index contributed by atoms with van der Waals surface area (Å²) in [5, 5.41) is 3.06. The van der Waals surface area contributed by atoms with E-state index in [9.17, 15) is 14.0 Å². The largest absolute Gasteiger partial charge is 0.497 e. The smallest absolute Gasteiger partial charge is 0.282 e. The highest BCUT2D eigenvalue weighted by atomic mass is 19.1. The van der Waals surface area contributed by atoms with E-state index in [1.807, 2.05) is 13.8 Å². The Bertz CT molecular complexity index is 1220. The molecule has 2 amide bonds. The number of anilines is 2. The van der Waals surface area contributed by atoms with E-state index in [1.54, 1.807) is 54.6 Å². The van der Waals surface area contributed by atoms with E-state index in [-0.39, 0.29) is 23.1 Å². The minimum absolute atomic E-state index is 0.0246. The van der Waals surface area contributed by atoms with Crippen LogP contribution >= 0.6 is 0 Å². The fourth-order valence-corrected chi connectivity index (χ4v) is 3.56. The molecule has 0 aromatic heterocycles. The molecule has 1 aliphatic rings. The summed E-state index contributed by atoms with van der Waals surface area (Å²) >= 11 is 0. The summed E-state index contributed by atoms with van der Waals surface area (Å²) in [6, 6.07) is 19.5. The Kier molecular flexibility index (Phi) is 6.13. The van der Waals surface area contributed by atoms with E-state index >= 15 is 0 Å². The van der Waals surface area contributed by atoms with Crippen molar-refractivity contribution in [1.29, 1.82) is 0 Å². The monoisotopic (exact) mass is 446 g/mol. The number of carbonyl (C=O) groups is 2. The predicted molar refractivity (Wildman–Crippen MR) is 125 cm³/mol.